The quantitative estimate of drug-likeness (QED) is 0.524. The van der Waals surface area contributed by atoms with E-state index in [9.17, 15) is 4.79 Å². The number of ketones is 1. The second-order valence-corrected chi connectivity index (χ2v) is 2.62. The van der Waals surface area contributed by atoms with Crippen LogP contribution in [0.5, 0.6) is 0 Å². The lowest BCUT2D eigenvalue weighted by Gasteiger charge is -1.87. The maximum atomic E-state index is 10.8. The van der Waals surface area contributed by atoms with Crippen molar-refractivity contribution in [2.45, 2.75) is 19.8 Å². The van der Waals surface area contributed by atoms with Crippen molar-refractivity contribution < 1.29 is 4.79 Å². The average Bonchev–Trinajstić information content (AvgIpc) is 2.64. The monoisotopic (exact) mass is 124 g/mol. The summed E-state index contributed by atoms with van der Waals surface area (Å²) in [5.74, 6) is 1.25. The molecule has 0 heterocycles. The molecule has 0 unspecified atom stereocenters. The predicted octanol–water partition coefficient (Wildman–Crippen LogP) is 1.79. The van der Waals surface area contributed by atoms with Gasteiger partial charge in [0, 0.05) is 5.92 Å². The van der Waals surface area contributed by atoms with E-state index < -0.39 is 0 Å². The molecule has 1 nitrogen and oxygen atoms in total. The Balaban J connectivity index is 2.33. The number of hydrogen-bond acceptors (Lipinski definition) is 1. The van der Waals surface area contributed by atoms with E-state index in [0.717, 1.165) is 12.8 Å². The number of carbonyl (C=O) groups excluding carboxylic acids is 1. The van der Waals surface area contributed by atoms with Crippen molar-refractivity contribution in [3.63, 3.8) is 0 Å². The Labute approximate surface area is 55.8 Å². The zero-order valence-electron chi connectivity index (χ0n) is 5.76. The third-order valence-electron chi connectivity index (χ3n) is 2.01. The molecule has 1 fully saturated rings. The van der Waals surface area contributed by atoms with Crippen LogP contribution in [0, 0.1) is 11.8 Å². The highest BCUT2D eigenvalue weighted by Crippen LogP contribution is 2.41. The minimum atomic E-state index is 0.238. The van der Waals surface area contributed by atoms with Gasteiger partial charge in [0.25, 0.3) is 0 Å². The number of rotatable bonds is 3. The number of hydrogen-bond donors (Lipinski definition) is 0. The maximum absolute atomic E-state index is 10.8. The predicted molar refractivity (Wildman–Crippen MR) is 37.1 cm³/mol. The van der Waals surface area contributed by atoms with E-state index in [-0.39, 0.29) is 5.78 Å². The van der Waals surface area contributed by atoms with E-state index in [0.29, 0.717) is 11.8 Å². The van der Waals surface area contributed by atoms with E-state index in [2.05, 4.69) is 13.5 Å². The molecule has 0 aliphatic heterocycles. The molecule has 1 aliphatic rings. The van der Waals surface area contributed by atoms with Crippen LogP contribution in [0.15, 0.2) is 12.7 Å². The van der Waals surface area contributed by atoms with Crippen molar-refractivity contribution in [1.29, 1.82) is 0 Å². The van der Waals surface area contributed by atoms with Crippen molar-refractivity contribution in [2.75, 3.05) is 0 Å². The normalized spacial score (nSPS) is 31.7. The molecule has 1 saturated carbocycles. The van der Waals surface area contributed by atoms with Gasteiger partial charge in [-0.15, -0.1) is 0 Å². The Bertz CT molecular complexity index is 138. The summed E-state index contributed by atoms with van der Waals surface area (Å²) < 4.78 is 0. The van der Waals surface area contributed by atoms with Crippen LogP contribution >= 0.6 is 0 Å². The Morgan fingerprint density at radius 3 is 2.89 bits per heavy atom. The molecule has 1 rings (SSSR count). The molecule has 0 amide bonds. The Kier molecular flexibility index (Phi) is 1.70. The van der Waals surface area contributed by atoms with E-state index in [1.807, 2.05) is 0 Å². The molecule has 2 atom stereocenters. The van der Waals surface area contributed by atoms with Gasteiger partial charge < -0.3 is 0 Å². The van der Waals surface area contributed by atoms with Gasteiger partial charge in [0.1, 0.15) is 0 Å². The average molecular weight is 124 g/mol. The van der Waals surface area contributed by atoms with Crippen molar-refractivity contribution in [3.05, 3.63) is 12.7 Å². The highest BCUT2D eigenvalue weighted by atomic mass is 16.1. The summed E-state index contributed by atoms with van der Waals surface area (Å²) in [6.45, 7) is 5.57. The van der Waals surface area contributed by atoms with Gasteiger partial charge in [-0.1, -0.05) is 19.9 Å². The van der Waals surface area contributed by atoms with Gasteiger partial charge in [-0.25, -0.2) is 0 Å². The summed E-state index contributed by atoms with van der Waals surface area (Å²) in [7, 11) is 0. The van der Waals surface area contributed by atoms with Gasteiger partial charge >= 0.3 is 0 Å². The number of allylic oxidation sites excluding steroid dienone is 1. The van der Waals surface area contributed by atoms with E-state index in [1.165, 1.54) is 6.08 Å². The minimum Gasteiger partial charge on any atom is -0.295 e. The molecule has 0 aromatic rings. The van der Waals surface area contributed by atoms with Gasteiger partial charge in [-0.05, 0) is 18.4 Å². The van der Waals surface area contributed by atoms with Crippen LogP contribution in [0.1, 0.15) is 19.8 Å². The zero-order chi connectivity index (χ0) is 6.85. The SMILES string of the molecule is C=CC(=O)[C@@H]1C[C@H]1CC. The third kappa shape index (κ3) is 1.21. The lowest BCUT2D eigenvalue weighted by atomic mass is 10.2. The summed E-state index contributed by atoms with van der Waals surface area (Å²) in [4.78, 5) is 10.8. The zero-order valence-corrected chi connectivity index (χ0v) is 5.76. The van der Waals surface area contributed by atoms with Crippen LogP contribution in [0.2, 0.25) is 0 Å². The smallest absolute Gasteiger partial charge is 0.158 e. The Morgan fingerprint density at radius 1 is 1.89 bits per heavy atom. The standard InChI is InChI=1S/C8H12O/c1-3-6-5-7(6)8(9)4-2/h4,6-7H,2-3,5H2,1H3/t6-,7-/m1/s1. The van der Waals surface area contributed by atoms with E-state index in [4.69, 9.17) is 0 Å². The van der Waals surface area contributed by atoms with Crippen LogP contribution in [-0.2, 0) is 4.79 Å². The van der Waals surface area contributed by atoms with E-state index >= 15 is 0 Å². The summed E-state index contributed by atoms with van der Waals surface area (Å²) in [6.07, 6.45) is 3.69. The van der Waals surface area contributed by atoms with Crippen molar-refractivity contribution in [1.82, 2.24) is 0 Å². The fraction of sp³-hybridized carbons (Fsp3) is 0.625. The second kappa shape index (κ2) is 2.34. The molecular weight excluding hydrogens is 112 g/mol. The van der Waals surface area contributed by atoms with Crippen LogP contribution in [-0.4, -0.2) is 5.78 Å². The minimum absolute atomic E-state index is 0.238. The van der Waals surface area contributed by atoms with Crippen molar-refractivity contribution in [3.8, 4) is 0 Å². The van der Waals surface area contributed by atoms with Gasteiger partial charge in [0.05, 0.1) is 0 Å². The molecule has 0 spiro atoms. The van der Waals surface area contributed by atoms with Gasteiger partial charge in [-0.2, -0.15) is 0 Å². The summed E-state index contributed by atoms with van der Waals surface area (Å²) in [6, 6.07) is 0. The summed E-state index contributed by atoms with van der Waals surface area (Å²) in [5.41, 5.74) is 0. The van der Waals surface area contributed by atoms with Crippen LogP contribution in [0.3, 0.4) is 0 Å². The first-order valence-electron chi connectivity index (χ1n) is 3.45. The van der Waals surface area contributed by atoms with Crippen LogP contribution in [0.4, 0.5) is 0 Å². The molecule has 0 aromatic carbocycles. The molecule has 9 heavy (non-hydrogen) atoms. The summed E-state index contributed by atoms with van der Waals surface area (Å²) >= 11 is 0. The number of carbonyl (C=O) groups is 1. The lowest BCUT2D eigenvalue weighted by Crippen LogP contribution is -1.95. The Morgan fingerprint density at radius 2 is 2.56 bits per heavy atom. The van der Waals surface area contributed by atoms with E-state index in [1.54, 1.807) is 0 Å². The topological polar surface area (TPSA) is 17.1 Å². The largest absolute Gasteiger partial charge is 0.295 e. The van der Waals surface area contributed by atoms with Crippen LogP contribution in [0.25, 0.3) is 0 Å². The molecule has 0 radical (unpaired) electrons. The lowest BCUT2D eigenvalue weighted by molar-refractivity contribution is -0.116. The highest BCUT2D eigenvalue weighted by molar-refractivity contribution is 5.93. The first-order valence-corrected chi connectivity index (χ1v) is 3.45. The van der Waals surface area contributed by atoms with Crippen LogP contribution < -0.4 is 0 Å². The first-order chi connectivity index (χ1) is 4.29. The molecule has 0 aromatic heterocycles. The maximum Gasteiger partial charge on any atom is 0.158 e. The van der Waals surface area contributed by atoms with Crippen molar-refractivity contribution in [2.24, 2.45) is 11.8 Å². The van der Waals surface area contributed by atoms with Gasteiger partial charge in [-0.3, -0.25) is 4.79 Å². The molecule has 1 heteroatoms. The second-order valence-electron chi connectivity index (χ2n) is 2.62. The molecule has 0 bridgehead atoms. The highest BCUT2D eigenvalue weighted by Gasteiger charge is 2.39. The fourth-order valence-electron chi connectivity index (χ4n) is 1.20. The fourth-order valence-corrected chi connectivity index (χ4v) is 1.20. The molecular formula is C8H12O. The summed E-state index contributed by atoms with van der Waals surface area (Å²) in [5, 5.41) is 0. The molecule has 0 saturated heterocycles. The Hall–Kier alpha value is -0.590. The van der Waals surface area contributed by atoms with Gasteiger partial charge in [0.2, 0.25) is 0 Å². The third-order valence-corrected chi connectivity index (χ3v) is 2.01. The first kappa shape index (κ1) is 6.53. The van der Waals surface area contributed by atoms with Gasteiger partial charge in [0.15, 0.2) is 5.78 Å². The molecule has 1 aliphatic carbocycles. The van der Waals surface area contributed by atoms with Crippen molar-refractivity contribution >= 4 is 5.78 Å². The molecule has 0 N–H and O–H groups in total. The molecule has 50 valence electrons.